The number of benzene rings is 1. The first-order chi connectivity index (χ1) is 13.3. The lowest BCUT2D eigenvalue weighted by molar-refractivity contribution is 0.0706. The van der Waals surface area contributed by atoms with Crippen LogP contribution in [-0.2, 0) is 0 Å². The molecule has 7 nitrogen and oxygen atoms in total. The average Bonchev–Trinajstić information content (AvgIpc) is 2.75. The first-order valence-corrected chi connectivity index (χ1v) is 9.00. The molecule has 0 spiro atoms. The highest BCUT2D eigenvalue weighted by Crippen LogP contribution is 2.27. The van der Waals surface area contributed by atoms with Gasteiger partial charge in [0.25, 0.3) is 5.91 Å². The topological polar surface area (TPSA) is 83.9 Å². The van der Waals surface area contributed by atoms with Gasteiger partial charge in [-0.05, 0) is 31.0 Å². The van der Waals surface area contributed by atoms with Gasteiger partial charge in [-0.25, -0.2) is 15.0 Å². The summed E-state index contributed by atoms with van der Waals surface area (Å²) >= 11 is 0. The number of carbonyl (C=O) groups is 1. The van der Waals surface area contributed by atoms with Gasteiger partial charge in [-0.1, -0.05) is 18.2 Å². The normalized spacial score (nSPS) is 16.7. The van der Waals surface area contributed by atoms with Crippen molar-refractivity contribution in [3.05, 3.63) is 72.4 Å². The van der Waals surface area contributed by atoms with Gasteiger partial charge in [0.15, 0.2) is 5.82 Å². The number of carbonyl (C=O) groups excluding carboxylic acids is 1. The van der Waals surface area contributed by atoms with Crippen molar-refractivity contribution in [2.45, 2.75) is 18.8 Å². The van der Waals surface area contributed by atoms with Gasteiger partial charge in [-0.3, -0.25) is 9.78 Å². The number of aromatic nitrogens is 4. The molecular formula is C20H20N6O. The summed E-state index contributed by atoms with van der Waals surface area (Å²) in [5.74, 6) is 1.35. The van der Waals surface area contributed by atoms with E-state index in [1.54, 1.807) is 24.8 Å². The molecule has 0 radical (unpaired) electrons. The van der Waals surface area contributed by atoms with Gasteiger partial charge in [0.1, 0.15) is 0 Å². The van der Waals surface area contributed by atoms with Gasteiger partial charge in [-0.2, -0.15) is 0 Å². The lowest BCUT2D eigenvalue weighted by Crippen LogP contribution is -2.39. The lowest BCUT2D eigenvalue weighted by Gasteiger charge is -2.32. The summed E-state index contributed by atoms with van der Waals surface area (Å²) in [5, 5.41) is 3.07. The van der Waals surface area contributed by atoms with Gasteiger partial charge in [-0.15, -0.1) is 0 Å². The highest BCUT2D eigenvalue weighted by Gasteiger charge is 2.26. The third-order valence-electron chi connectivity index (χ3n) is 4.63. The van der Waals surface area contributed by atoms with Crippen LogP contribution in [0.3, 0.4) is 0 Å². The van der Waals surface area contributed by atoms with E-state index in [2.05, 4.69) is 25.3 Å². The fraction of sp³-hybridized carbons (Fsp3) is 0.250. The van der Waals surface area contributed by atoms with Crippen LogP contribution in [-0.4, -0.2) is 43.8 Å². The third kappa shape index (κ3) is 4.08. The summed E-state index contributed by atoms with van der Waals surface area (Å²) in [6.45, 7) is 1.44. The average molecular weight is 360 g/mol. The Morgan fingerprint density at radius 1 is 1.07 bits per heavy atom. The van der Waals surface area contributed by atoms with Crippen molar-refractivity contribution >= 4 is 17.7 Å². The number of anilines is 2. The number of amides is 1. The van der Waals surface area contributed by atoms with Crippen LogP contribution >= 0.6 is 0 Å². The van der Waals surface area contributed by atoms with Crippen LogP contribution in [0.25, 0.3) is 0 Å². The molecule has 1 saturated heterocycles. The third-order valence-corrected chi connectivity index (χ3v) is 4.63. The van der Waals surface area contributed by atoms with E-state index in [9.17, 15) is 4.79 Å². The lowest BCUT2D eigenvalue weighted by atomic mass is 9.94. The maximum atomic E-state index is 12.8. The number of hydrogen-bond donors (Lipinski definition) is 1. The van der Waals surface area contributed by atoms with Crippen molar-refractivity contribution < 1.29 is 4.79 Å². The van der Waals surface area contributed by atoms with Crippen molar-refractivity contribution in [3.8, 4) is 0 Å². The zero-order chi connectivity index (χ0) is 18.5. The molecule has 0 aliphatic carbocycles. The first kappa shape index (κ1) is 17.1. The summed E-state index contributed by atoms with van der Waals surface area (Å²) in [6, 6.07) is 11.3. The molecular weight excluding hydrogens is 340 g/mol. The molecule has 1 fully saturated rings. The Morgan fingerprint density at radius 3 is 2.78 bits per heavy atom. The fourth-order valence-corrected chi connectivity index (χ4v) is 3.30. The Kier molecular flexibility index (Phi) is 5.00. The quantitative estimate of drug-likeness (QED) is 0.770. The molecule has 2 aromatic heterocycles. The SMILES string of the molecule is O=C(c1ccccc1)N1CCC[C@@H](c2ccnc(Nc3cnccn3)n2)C1. The van der Waals surface area contributed by atoms with E-state index in [0.717, 1.165) is 30.6 Å². The number of hydrogen-bond acceptors (Lipinski definition) is 6. The number of rotatable bonds is 4. The molecule has 27 heavy (non-hydrogen) atoms. The van der Waals surface area contributed by atoms with E-state index in [1.165, 1.54) is 0 Å². The smallest absolute Gasteiger partial charge is 0.253 e. The predicted molar refractivity (Wildman–Crippen MR) is 102 cm³/mol. The Bertz CT molecular complexity index is 903. The molecule has 1 amide bonds. The van der Waals surface area contributed by atoms with E-state index < -0.39 is 0 Å². The minimum absolute atomic E-state index is 0.0762. The Hall–Kier alpha value is -3.35. The van der Waals surface area contributed by atoms with Crippen LogP contribution in [0.2, 0.25) is 0 Å². The van der Waals surface area contributed by atoms with Crippen LogP contribution in [0.15, 0.2) is 61.2 Å². The number of nitrogens with one attached hydrogen (secondary N) is 1. The molecule has 1 N–H and O–H groups in total. The second kappa shape index (κ2) is 7.90. The first-order valence-electron chi connectivity index (χ1n) is 9.00. The molecule has 1 aromatic carbocycles. The number of likely N-dealkylation sites (tertiary alicyclic amines) is 1. The van der Waals surface area contributed by atoms with Crippen LogP contribution < -0.4 is 5.32 Å². The van der Waals surface area contributed by atoms with Crippen LogP contribution in [0, 0.1) is 0 Å². The van der Waals surface area contributed by atoms with Crippen LogP contribution in [0.4, 0.5) is 11.8 Å². The highest BCUT2D eigenvalue weighted by molar-refractivity contribution is 5.94. The van der Waals surface area contributed by atoms with E-state index in [4.69, 9.17) is 0 Å². The molecule has 1 aliphatic heterocycles. The Labute approximate surface area is 157 Å². The van der Waals surface area contributed by atoms with E-state index in [-0.39, 0.29) is 11.8 Å². The molecule has 0 unspecified atom stereocenters. The van der Waals surface area contributed by atoms with Crippen LogP contribution in [0.5, 0.6) is 0 Å². The highest BCUT2D eigenvalue weighted by atomic mass is 16.2. The van der Waals surface area contributed by atoms with Gasteiger partial charge in [0.2, 0.25) is 5.95 Å². The van der Waals surface area contributed by atoms with E-state index in [1.807, 2.05) is 41.3 Å². The summed E-state index contributed by atoms with van der Waals surface area (Å²) in [7, 11) is 0. The minimum Gasteiger partial charge on any atom is -0.338 e. The maximum Gasteiger partial charge on any atom is 0.253 e. The molecule has 1 aliphatic rings. The van der Waals surface area contributed by atoms with Crippen LogP contribution in [0.1, 0.15) is 34.8 Å². The molecule has 0 bridgehead atoms. The molecule has 3 aromatic rings. The Balaban J connectivity index is 1.48. The van der Waals surface area contributed by atoms with Crippen molar-refractivity contribution in [3.63, 3.8) is 0 Å². The van der Waals surface area contributed by atoms with Crippen molar-refractivity contribution in [2.75, 3.05) is 18.4 Å². The second-order valence-corrected chi connectivity index (χ2v) is 6.48. The molecule has 1 atom stereocenters. The Morgan fingerprint density at radius 2 is 1.96 bits per heavy atom. The second-order valence-electron chi connectivity index (χ2n) is 6.48. The number of piperidine rings is 1. The maximum absolute atomic E-state index is 12.8. The standard InChI is InChI=1S/C20H20N6O/c27-19(15-5-2-1-3-6-15)26-12-4-7-16(14-26)17-8-9-23-20(24-17)25-18-13-21-10-11-22-18/h1-3,5-6,8-11,13,16H,4,7,12,14H2,(H,22,23,24,25)/t16-/m1/s1. The van der Waals surface area contributed by atoms with Gasteiger partial charge in [0.05, 0.1) is 11.9 Å². The van der Waals surface area contributed by atoms with Gasteiger partial charge in [0, 0.05) is 43.2 Å². The number of nitrogens with zero attached hydrogens (tertiary/aromatic N) is 5. The van der Waals surface area contributed by atoms with Gasteiger partial charge >= 0.3 is 0 Å². The van der Waals surface area contributed by atoms with E-state index >= 15 is 0 Å². The molecule has 0 saturated carbocycles. The zero-order valence-electron chi connectivity index (χ0n) is 14.8. The minimum atomic E-state index is 0.0762. The summed E-state index contributed by atoms with van der Waals surface area (Å²) in [5.41, 5.74) is 1.66. The summed E-state index contributed by atoms with van der Waals surface area (Å²) < 4.78 is 0. The van der Waals surface area contributed by atoms with Crippen molar-refractivity contribution in [1.82, 2.24) is 24.8 Å². The fourth-order valence-electron chi connectivity index (χ4n) is 3.30. The summed E-state index contributed by atoms with van der Waals surface area (Å²) in [6.07, 6.45) is 8.54. The van der Waals surface area contributed by atoms with Crippen molar-refractivity contribution in [2.24, 2.45) is 0 Å². The largest absolute Gasteiger partial charge is 0.338 e. The monoisotopic (exact) mass is 360 g/mol. The van der Waals surface area contributed by atoms with Gasteiger partial charge < -0.3 is 10.2 Å². The zero-order valence-corrected chi connectivity index (χ0v) is 14.8. The molecule has 4 rings (SSSR count). The molecule has 136 valence electrons. The van der Waals surface area contributed by atoms with E-state index in [0.29, 0.717) is 18.3 Å². The molecule has 3 heterocycles. The van der Waals surface area contributed by atoms with Crippen molar-refractivity contribution in [1.29, 1.82) is 0 Å². The summed E-state index contributed by atoms with van der Waals surface area (Å²) in [4.78, 5) is 31.8. The molecule has 7 heteroatoms. The predicted octanol–water partition coefficient (Wildman–Crippen LogP) is 3.03.